The van der Waals surface area contributed by atoms with Gasteiger partial charge in [-0.25, -0.2) is 4.68 Å². The molecule has 6 heteroatoms. The van der Waals surface area contributed by atoms with Gasteiger partial charge < -0.3 is 5.32 Å². The van der Waals surface area contributed by atoms with E-state index in [1.165, 1.54) is 6.33 Å². The van der Waals surface area contributed by atoms with E-state index in [9.17, 15) is 4.79 Å². The van der Waals surface area contributed by atoms with Crippen LogP contribution in [-0.2, 0) is 11.8 Å². The van der Waals surface area contributed by atoms with Gasteiger partial charge in [-0.15, -0.1) is 0 Å². The van der Waals surface area contributed by atoms with Crippen LogP contribution in [0, 0.1) is 0 Å². The number of aryl methyl sites for hydroxylation is 1. The monoisotopic (exact) mass is 237 g/mol. The molecule has 1 aliphatic rings. The van der Waals surface area contributed by atoms with Crippen molar-refractivity contribution in [3.63, 3.8) is 0 Å². The number of rotatable bonds is 4. The van der Waals surface area contributed by atoms with E-state index in [0.717, 1.165) is 32.2 Å². The molecule has 1 saturated heterocycles. The Morgan fingerprint density at radius 3 is 3.06 bits per heavy atom. The smallest absolute Gasteiger partial charge is 0.247 e. The maximum Gasteiger partial charge on any atom is 0.247 e. The van der Waals surface area contributed by atoms with E-state index in [0.29, 0.717) is 5.95 Å². The quantitative estimate of drug-likeness (QED) is 0.807. The van der Waals surface area contributed by atoms with Crippen molar-refractivity contribution in [3.8, 4) is 0 Å². The van der Waals surface area contributed by atoms with Crippen LogP contribution in [0.4, 0.5) is 5.95 Å². The van der Waals surface area contributed by atoms with E-state index >= 15 is 0 Å². The highest BCUT2D eigenvalue weighted by Crippen LogP contribution is 2.26. The van der Waals surface area contributed by atoms with E-state index in [2.05, 4.69) is 27.6 Å². The summed E-state index contributed by atoms with van der Waals surface area (Å²) in [6.07, 6.45) is 5.22. The molecule has 2 rings (SSSR count). The van der Waals surface area contributed by atoms with Crippen molar-refractivity contribution < 1.29 is 4.79 Å². The van der Waals surface area contributed by atoms with Crippen molar-refractivity contribution in [2.75, 3.05) is 11.9 Å². The molecule has 0 aliphatic carbocycles. The van der Waals surface area contributed by atoms with Crippen molar-refractivity contribution in [3.05, 3.63) is 6.33 Å². The van der Waals surface area contributed by atoms with E-state index in [1.54, 1.807) is 11.7 Å². The van der Waals surface area contributed by atoms with Crippen molar-refractivity contribution in [1.82, 2.24) is 20.1 Å². The van der Waals surface area contributed by atoms with Gasteiger partial charge in [-0.2, -0.15) is 10.1 Å². The maximum absolute atomic E-state index is 12.3. The third-order valence-electron chi connectivity index (χ3n) is 3.29. The summed E-state index contributed by atoms with van der Waals surface area (Å²) in [5, 5.41) is 10.1. The predicted molar refractivity (Wildman–Crippen MR) is 64.5 cm³/mol. The molecule has 0 aromatic carbocycles. The van der Waals surface area contributed by atoms with Crippen LogP contribution in [0.2, 0.25) is 0 Å². The number of hydrogen-bond acceptors (Lipinski definition) is 4. The Kier molecular flexibility index (Phi) is 3.42. The normalized spacial score (nSPS) is 23.9. The molecule has 0 bridgehead atoms. The Morgan fingerprint density at radius 1 is 1.71 bits per heavy atom. The average molecular weight is 237 g/mol. The Morgan fingerprint density at radius 2 is 2.53 bits per heavy atom. The molecule has 0 radical (unpaired) electrons. The van der Waals surface area contributed by atoms with E-state index in [4.69, 9.17) is 0 Å². The van der Waals surface area contributed by atoms with Crippen LogP contribution in [0.15, 0.2) is 6.33 Å². The third-order valence-corrected chi connectivity index (χ3v) is 3.29. The largest absolute Gasteiger partial charge is 0.303 e. The van der Waals surface area contributed by atoms with Gasteiger partial charge in [-0.3, -0.25) is 10.1 Å². The minimum Gasteiger partial charge on any atom is -0.303 e. The lowest BCUT2D eigenvalue weighted by Gasteiger charge is -2.27. The first-order valence-electron chi connectivity index (χ1n) is 6.08. The average Bonchev–Trinajstić information content (AvgIpc) is 2.91. The summed E-state index contributed by atoms with van der Waals surface area (Å²) in [7, 11) is 1.76. The SMILES string of the molecule is CCCC1(C(=O)Nc2ncnn2C)CCCN1. The molecule has 94 valence electrons. The highest BCUT2D eigenvalue weighted by molar-refractivity contribution is 5.97. The molecule has 1 unspecified atom stereocenters. The number of hydrogen-bond donors (Lipinski definition) is 2. The van der Waals surface area contributed by atoms with Crippen LogP contribution in [0.5, 0.6) is 0 Å². The van der Waals surface area contributed by atoms with Crippen molar-refractivity contribution >= 4 is 11.9 Å². The molecular weight excluding hydrogens is 218 g/mol. The fourth-order valence-electron chi connectivity index (χ4n) is 2.38. The number of amides is 1. The summed E-state index contributed by atoms with van der Waals surface area (Å²) in [6.45, 7) is 3.00. The zero-order valence-electron chi connectivity index (χ0n) is 10.4. The molecule has 0 spiro atoms. The lowest BCUT2D eigenvalue weighted by Crippen LogP contribution is -2.50. The molecule has 1 aromatic heterocycles. The van der Waals surface area contributed by atoms with Gasteiger partial charge in [0.05, 0.1) is 5.54 Å². The molecule has 2 heterocycles. The zero-order chi connectivity index (χ0) is 12.3. The molecular formula is C11H19N5O. The van der Waals surface area contributed by atoms with Crippen LogP contribution in [0.25, 0.3) is 0 Å². The minimum atomic E-state index is -0.416. The molecule has 0 saturated carbocycles. The second kappa shape index (κ2) is 4.83. The van der Waals surface area contributed by atoms with Gasteiger partial charge >= 0.3 is 0 Å². The highest BCUT2D eigenvalue weighted by Gasteiger charge is 2.40. The Balaban J connectivity index is 2.10. The maximum atomic E-state index is 12.3. The minimum absolute atomic E-state index is 0.00736. The zero-order valence-corrected chi connectivity index (χ0v) is 10.4. The second-order valence-electron chi connectivity index (χ2n) is 4.52. The topological polar surface area (TPSA) is 71.8 Å². The first-order valence-corrected chi connectivity index (χ1v) is 6.08. The van der Waals surface area contributed by atoms with E-state index in [-0.39, 0.29) is 5.91 Å². The third kappa shape index (κ3) is 2.31. The molecule has 1 atom stereocenters. The molecule has 1 amide bonds. The van der Waals surface area contributed by atoms with Crippen LogP contribution in [0.1, 0.15) is 32.6 Å². The van der Waals surface area contributed by atoms with Gasteiger partial charge in [-0.05, 0) is 25.8 Å². The summed E-state index contributed by atoms with van der Waals surface area (Å²) < 4.78 is 1.56. The fraction of sp³-hybridized carbons (Fsp3) is 0.727. The number of aromatic nitrogens is 3. The summed E-state index contributed by atoms with van der Waals surface area (Å²) in [5.41, 5.74) is -0.416. The van der Waals surface area contributed by atoms with Crippen molar-refractivity contribution in [2.45, 2.75) is 38.1 Å². The van der Waals surface area contributed by atoms with Gasteiger partial charge in [0.15, 0.2) is 0 Å². The van der Waals surface area contributed by atoms with E-state index in [1.807, 2.05) is 0 Å². The van der Waals surface area contributed by atoms with E-state index < -0.39 is 5.54 Å². The van der Waals surface area contributed by atoms with Crippen LogP contribution in [-0.4, -0.2) is 32.8 Å². The van der Waals surface area contributed by atoms with Gasteiger partial charge in [-0.1, -0.05) is 13.3 Å². The molecule has 2 N–H and O–H groups in total. The number of nitrogens with zero attached hydrogens (tertiary/aromatic N) is 3. The summed E-state index contributed by atoms with van der Waals surface area (Å²) in [6, 6.07) is 0. The van der Waals surface area contributed by atoms with Crippen molar-refractivity contribution in [2.24, 2.45) is 7.05 Å². The Bertz CT molecular complexity index is 394. The molecule has 1 aliphatic heterocycles. The number of carbonyl (C=O) groups is 1. The van der Waals surface area contributed by atoms with Gasteiger partial charge in [0.1, 0.15) is 6.33 Å². The Hall–Kier alpha value is -1.43. The predicted octanol–water partition coefficient (Wildman–Crippen LogP) is 0.676. The number of anilines is 1. The first-order chi connectivity index (χ1) is 8.18. The fourth-order valence-corrected chi connectivity index (χ4v) is 2.38. The molecule has 6 nitrogen and oxygen atoms in total. The van der Waals surface area contributed by atoms with Crippen LogP contribution >= 0.6 is 0 Å². The highest BCUT2D eigenvalue weighted by atomic mass is 16.2. The standard InChI is InChI=1S/C11H19N5O/c1-3-5-11(6-4-7-13-11)9(17)15-10-12-8-14-16(10)2/h8,13H,3-7H2,1-2H3,(H,12,14,15,17). The van der Waals surface area contributed by atoms with Crippen LogP contribution in [0.3, 0.4) is 0 Å². The lowest BCUT2D eigenvalue weighted by atomic mass is 9.91. The molecule has 17 heavy (non-hydrogen) atoms. The van der Waals surface area contributed by atoms with Gasteiger partial charge in [0.25, 0.3) is 0 Å². The first kappa shape index (κ1) is 12.0. The van der Waals surface area contributed by atoms with Crippen LogP contribution < -0.4 is 10.6 Å². The molecule has 1 fully saturated rings. The summed E-state index contributed by atoms with van der Waals surface area (Å²) in [4.78, 5) is 16.3. The number of carbonyl (C=O) groups excluding carboxylic acids is 1. The van der Waals surface area contributed by atoms with Crippen molar-refractivity contribution in [1.29, 1.82) is 0 Å². The Labute approximate surface area is 101 Å². The number of nitrogens with one attached hydrogen (secondary N) is 2. The summed E-state index contributed by atoms with van der Waals surface area (Å²) >= 11 is 0. The van der Waals surface area contributed by atoms with Gasteiger partial charge in [0.2, 0.25) is 11.9 Å². The second-order valence-corrected chi connectivity index (χ2v) is 4.52. The lowest BCUT2D eigenvalue weighted by molar-refractivity contribution is -0.122. The molecule has 1 aromatic rings. The summed E-state index contributed by atoms with van der Waals surface area (Å²) in [5.74, 6) is 0.507. The van der Waals surface area contributed by atoms with Gasteiger partial charge in [0, 0.05) is 7.05 Å².